The first kappa shape index (κ1) is 13.0. The number of aromatic nitrogens is 2. The number of alkyl halides is 3. The Hall–Kier alpha value is -1.04. The molecule has 1 aromatic rings. The lowest BCUT2D eigenvalue weighted by Gasteiger charge is -2.19. The first-order valence-electron chi connectivity index (χ1n) is 5.18. The summed E-state index contributed by atoms with van der Waals surface area (Å²) in [5.41, 5.74) is 0. The van der Waals surface area contributed by atoms with Gasteiger partial charge >= 0.3 is 6.18 Å². The zero-order valence-corrected chi connectivity index (χ0v) is 9.38. The van der Waals surface area contributed by atoms with Crippen LogP contribution < -0.4 is 5.32 Å². The van der Waals surface area contributed by atoms with Crippen LogP contribution in [-0.2, 0) is 13.5 Å². The van der Waals surface area contributed by atoms with E-state index in [9.17, 15) is 13.2 Å². The van der Waals surface area contributed by atoms with Crippen LogP contribution in [-0.4, -0.2) is 28.3 Å². The number of aryl methyl sites for hydroxylation is 1. The Bertz CT molecular complexity index is 319. The fourth-order valence-electron chi connectivity index (χ4n) is 1.60. The Labute approximate surface area is 92.7 Å². The lowest BCUT2D eigenvalue weighted by Crippen LogP contribution is -2.36. The summed E-state index contributed by atoms with van der Waals surface area (Å²) < 4.78 is 38.6. The molecule has 0 saturated carbocycles. The van der Waals surface area contributed by atoms with Crippen molar-refractivity contribution in [3.63, 3.8) is 0 Å². The molecular weight excluding hydrogens is 219 g/mol. The summed E-state index contributed by atoms with van der Waals surface area (Å²) in [5, 5.41) is 2.83. The minimum atomic E-state index is -4.14. The van der Waals surface area contributed by atoms with E-state index in [-0.39, 0.29) is 6.42 Å². The van der Waals surface area contributed by atoms with E-state index >= 15 is 0 Å². The molecule has 0 fully saturated rings. The van der Waals surface area contributed by atoms with Crippen LogP contribution in [0.1, 0.15) is 19.2 Å². The number of nitrogens with zero attached hydrogens (tertiary/aromatic N) is 2. The van der Waals surface area contributed by atoms with Crippen LogP contribution in [0.2, 0.25) is 0 Å². The van der Waals surface area contributed by atoms with Crippen molar-refractivity contribution in [2.75, 3.05) is 6.54 Å². The molecule has 1 N–H and O–H groups in total. The lowest BCUT2D eigenvalue weighted by molar-refractivity contribution is -0.139. The maximum atomic E-state index is 12.3. The second-order valence-corrected chi connectivity index (χ2v) is 3.73. The fourth-order valence-corrected chi connectivity index (χ4v) is 1.60. The lowest BCUT2D eigenvalue weighted by atomic mass is 10.1. The third-order valence-corrected chi connectivity index (χ3v) is 2.32. The second-order valence-electron chi connectivity index (χ2n) is 3.73. The Balaban J connectivity index is 2.61. The average molecular weight is 235 g/mol. The van der Waals surface area contributed by atoms with Crippen LogP contribution in [0, 0.1) is 0 Å². The highest BCUT2D eigenvalue weighted by Gasteiger charge is 2.31. The van der Waals surface area contributed by atoms with E-state index in [1.54, 1.807) is 30.9 Å². The van der Waals surface area contributed by atoms with Crippen LogP contribution in [0.15, 0.2) is 12.4 Å². The first-order chi connectivity index (χ1) is 7.42. The number of imidazole rings is 1. The summed E-state index contributed by atoms with van der Waals surface area (Å²) in [6.45, 7) is 2.31. The summed E-state index contributed by atoms with van der Waals surface area (Å²) in [4.78, 5) is 4.02. The van der Waals surface area contributed by atoms with Gasteiger partial charge in [0.2, 0.25) is 0 Å². The van der Waals surface area contributed by atoms with Gasteiger partial charge < -0.3 is 9.88 Å². The summed E-state index contributed by atoms with van der Waals surface area (Å²) in [7, 11) is 1.78. The largest absolute Gasteiger partial charge is 0.390 e. The fraction of sp³-hybridized carbons (Fsp3) is 0.700. The normalized spacial score (nSPS) is 14.1. The van der Waals surface area contributed by atoms with Crippen molar-refractivity contribution in [1.82, 2.24) is 14.9 Å². The van der Waals surface area contributed by atoms with Crippen LogP contribution in [0.5, 0.6) is 0 Å². The number of likely N-dealkylation sites (N-methyl/N-ethyl adjacent to an activating group) is 1. The number of nitrogens with one attached hydrogen (secondary N) is 1. The summed E-state index contributed by atoms with van der Waals surface area (Å²) >= 11 is 0. The molecule has 1 unspecified atom stereocenters. The molecule has 0 aromatic carbocycles. The minimum Gasteiger partial charge on any atom is -0.338 e. The molecule has 0 aliphatic carbocycles. The predicted molar refractivity (Wildman–Crippen MR) is 55.0 cm³/mol. The second kappa shape index (κ2) is 5.34. The third kappa shape index (κ3) is 4.22. The Kier molecular flexibility index (Phi) is 4.35. The molecule has 1 heterocycles. The standard InChI is InChI=1S/C10H16F3N3/c1-3-14-8(7-10(11,12)13)6-9-15-4-5-16(9)2/h4-5,8,14H,3,6-7H2,1-2H3. The summed E-state index contributed by atoms with van der Waals surface area (Å²) in [6, 6.07) is -0.605. The third-order valence-electron chi connectivity index (χ3n) is 2.32. The number of halogens is 3. The molecule has 1 atom stereocenters. The van der Waals surface area contributed by atoms with Crippen LogP contribution in [0.4, 0.5) is 13.2 Å². The van der Waals surface area contributed by atoms with E-state index < -0.39 is 18.6 Å². The van der Waals surface area contributed by atoms with Crippen molar-refractivity contribution in [1.29, 1.82) is 0 Å². The molecule has 0 radical (unpaired) electrons. The van der Waals surface area contributed by atoms with E-state index in [0.29, 0.717) is 12.4 Å². The minimum absolute atomic E-state index is 0.289. The Morgan fingerprint density at radius 2 is 2.19 bits per heavy atom. The molecule has 0 spiro atoms. The highest BCUT2D eigenvalue weighted by Crippen LogP contribution is 2.22. The highest BCUT2D eigenvalue weighted by molar-refractivity contribution is 4.95. The van der Waals surface area contributed by atoms with Gasteiger partial charge in [-0.2, -0.15) is 13.2 Å². The molecule has 3 nitrogen and oxygen atoms in total. The molecule has 1 rings (SSSR count). The topological polar surface area (TPSA) is 29.9 Å². The molecule has 92 valence electrons. The van der Waals surface area contributed by atoms with Crippen molar-refractivity contribution in [2.24, 2.45) is 7.05 Å². The molecule has 16 heavy (non-hydrogen) atoms. The van der Waals surface area contributed by atoms with E-state index in [1.165, 1.54) is 0 Å². The van der Waals surface area contributed by atoms with Crippen molar-refractivity contribution >= 4 is 0 Å². The van der Waals surface area contributed by atoms with Gasteiger partial charge in [-0.3, -0.25) is 0 Å². The zero-order valence-electron chi connectivity index (χ0n) is 9.38. The molecule has 0 bridgehead atoms. The quantitative estimate of drug-likeness (QED) is 0.844. The van der Waals surface area contributed by atoms with Crippen LogP contribution >= 0.6 is 0 Å². The maximum absolute atomic E-state index is 12.3. The van der Waals surface area contributed by atoms with E-state index in [1.807, 2.05) is 0 Å². The number of hydrogen-bond donors (Lipinski definition) is 1. The van der Waals surface area contributed by atoms with Crippen LogP contribution in [0.25, 0.3) is 0 Å². The number of hydrogen-bond acceptors (Lipinski definition) is 2. The Morgan fingerprint density at radius 1 is 1.50 bits per heavy atom. The summed E-state index contributed by atoms with van der Waals surface area (Å²) in [5.74, 6) is 0.662. The van der Waals surface area contributed by atoms with Gasteiger partial charge in [0.1, 0.15) is 5.82 Å². The van der Waals surface area contributed by atoms with Gasteiger partial charge in [-0.05, 0) is 6.54 Å². The monoisotopic (exact) mass is 235 g/mol. The maximum Gasteiger partial charge on any atom is 0.390 e. The molecular formula is C10H16F3N3. The number of rotatable bonds is 5. The van der Waals surface area contributed by atoms with Crippen molar-refractivity contribution in [2.45, 2.75) is 32.0 Å². The molecule has 0 amide bonds. The van der Waals surface area contributed by atoms with Crippen molar-refractivity contribution in [3.05, 3.63) is 18.2 Å². The van der Waals surface area contributed by atoms with Gasteiger partial charge in [0, 0.05) is 31.9 Å². The van der Waals surface area contributed by atoms with Crippen molar-refractivity contribution < 1.29 is 13.2 Å². The Morgan fingerprint density at radius 3 is 2.62 bits per heavy atom. The van der Waals surface area contributed by atoms with Crippen molar-refractivity contribution in [3.8, 4) is 0 Å². The van der Waals surface area contributed by atoms with Gasteiger partial charge in [-0.15, -0.1) is 0 Å². The average Bonchev–Trinajstić information content (AvgIpc) is 2.49. The first-order valence-corrected chi connectivity index (χ1v) is 5.18. The van der Waals surface area contributed by atoms with Gasteiger partial charge in [-0.1, -0.05) is 6.92 Å². The van der Waals surface area contributed by atoms with Gasteiger partial charge in [0.15, 0.2) is 0 Å². The SMILES string of the molecule is CCNC(Cc1nccn1C)CC(F)(F)F. The van der Waals surface area contributed by atoms with E-state index in [2.05, 4.69) is 10.3 Å². The smallest absolute Gasteiger partial charge is 0.338 e. The van der Waals surface area contributed by atoms with E-state index in [4.69, 9.17) is 0 Å². The van der Waals surface area contributed by atoms with Crippen LogP contribution in [0.3, 0.4) is 0 Å². The molecule has 0 aliphatic heterocycles. The molecule has 6 heteroatoms. The predicted octanol–water partition coefficient (Wildman–Crippen LogP) is 1.89. The highest BCUT2D eigenvalue weighted by atomic mass is 19.4. The van der Waals surface area contributed by atoms with Gasteiger partial charge in [0.25, 0.3) is 0 Å². The van der Waals surface area contributed by atoms with E-state index in [0.717, 1.165) is 0 Å². The van der Waals surface area contributed by atoms with Gasteiger partial charge in [-0.25, -0.2) is 4.98 Å². The zero-order chi connectivity index (χ0) is 12.2. The van der Waals surface area contributed by atoms with Gasteiger partial charge in [0.05, 0.1) is 6.42 Å². The molecule has 0 saturated heterocycles. The molecule has 1 aromatic heterocycles. The molecule has 0 aliphatic rings. The summed E-state index contributed by atoms with van der Waals surface area (Å²) in [6.07, 6.45) is -1.36.